The lowest BCUT2D eigenvalue weighted by Crippen LogP contribution is -2.45. The van der Waals surface area contributed by atoms with Crippen molar-refractivity contribution in [3.05, 3.63) is 27.3 Å². The van der Waals surface area contributed by atoms with Crippen LogP contribution in [0.25, 0.3) is 0 Å². The highest BCUT2D eigenvalue weighted by molar-refractivity contribution is 14.1. The van der Waals surface area contributed by atoms with Crippen LogP contribution in [0, 0.1) is 3.57 Å². The number of carboxylic acid groups (broad SMARTS) is 1. The van der Waals surface area contributed by atoms with Gasteiger partial charge in [0.05, 0.1) is 10.9 Å². The third-order valence-electron chi connectivity index (χ3n) is 3.15. The number of halogens is 1. The molecule has 108 valence electrons. The van der Waals surface area contributed by atoms with Crippen molar-refractivity contribution in [2.24, 2.45) is 0 Å². The third kappa shape index (κ3) is 2.88. The van der Waals surface area contributed by atoms with Crippen LogP contribution in [-0.2, 0) is 4.79 Å². The quantitative estimate of drug-likeness (QED) is 0.753. The third-order valence-corrected chi connectivity index (χ3v) is 5.27. The number of aromatic hydroxyl groups is 1. The molecule has 0 bridgehead atoms. The Labute approximate surface area is 134 Å². The number of thioether (sulfide) groups is 1. The number of hydrogen-bond acceptors (Lipinski definition) is 4. The summed E-state index contributed by atoms with van der Waals surface area (Å²) in [5.41, 5.74) is 0.157. The largest absolute Gasteiger partial charge is 0.507 e. The second-order valence-corrected chi connectivity index (χ2v) is 6.88. The van der Waals surface area contributed by atoms with Crippen molar-refractivity contribution in [1.29, 1.82) is 0 Å². The first kappa shape index (κ1) is 15.4. The molecule has 1 heterocycles. The minimum absolute atomic E-state index is 0.119. The van der Waals surface area contributed by atoms with Crippen molar-refractivity contribution in [2.75, 3.05) is 5.75 Å². The Kier molecular flexibility index (Phi) is 4.79. The van der Waals surface area contributed by atoms with Crippen LogP contribution in [0.4, 0.5) is 0 Å². The fourth-order valence-electron chi connectivity index (χ4n) is 2.16. The molecule has 1 aromatic rings. The molecule has 20 heavy (non-hydrogen) atoms. The van der Waals surface area contributed by atoms with E-state index in [0.717, 1.165) is 3.57 Å². The summed E-state index contributed by atoms with van der Waals surface area (Å²) in [6, 6.07) is 3.88. The monoisotopic (exact) mass is 407 g/mol. The molecule has 5 nitrogen and oxygen atoms in total. The topological polar surface area (TPSA) is 77.8 Å². The van der Waals surface area contributed by atoms with Crippen LogP contribution in [0.5, 0.6) is 5.75 Å². The average Bonchev–Trinajstić information content (AvgIpc) is 2.84. The Morgan fingerprint density at radius 3 is 2.80 bits per heavy atom. The SMILES string of the molecule is CCC1SCC(C(=O)O)N1C(=O)c1cc(I)ccc1O. The van der Waals surface area contributed by atoms with Gasteiger partial charge in [-0.3, -0.25) is 4.79 Å². The number of hydrogen-bond donors (Lipinski definition) is 2. The summed E-state index contributed by atoms with van der Waals surface area (Å²) in [7, 11) is 0. The van der Waals surface area contributed by atoms with E-state index in [1.165, 1.54) is 22.7 Å². The van der Waals surface area contributed by atoms with Gasteiger partial charge in [0.25, 0.3) is 5.91 Å². The van der Waals surface area contributed by atoms with E-state index >= 15 is 0 Å². The molecule has 0 aromatic heterocycles. The number of amides is 1. The van der Waals surface area contributed by atoms with E-state index in [2.05, 4.69) is 0 Å². The second-order valence-electron chi connectivity index (χ2n) is 4.42. The molecule has 1 fully saturated rings. The van der Waals surface area contributed by atoms with Crippen molar-refractivity contribution in [1.82, 2.24) is 4.90 Å². The summed E-state index contributed by atoms with van der Waals surface area (Å²) >= 11 is 3.51. The highest BCUT2D eigenvalue weighted by Gasteiger charge is 2.41. The Hall–Kier alpha value is -0.960. The highest BCUT2D eigenvalue weighted by Crippen LogP contribution is 2.34. The smallest absolute Gasteiger partial charge is 0.327 e. The fraction of sp³-hybridized carbons (Fsp3) is 0.385. The molecule has 7 heteroatoms. The van der Waals surface area contributed by atoms with Crippen LogP contribution in [0.2, 0.25) is 0 Å². The van der Waals surface area contributed by atoms with Crippen LogP contribution >= 0.6 is 34.4 Å². The summed E-state index contributed by atoms with van der Waals surface area (Å²) < 4.78 is 0.815. The molecule has 0 spiro atoms. The molecule has 2 unspecified atom stereocenters. The molecule has 0 aliphatic carbocycles. The summed E-state index contributed by atoms with van der Waals surface area (Å²) in [6.45, 7) is 1.91. The average molecular weight is 407 g/mol. The molecule has 2 rings (SSSR count). The van der Waals surface area contributed by atoms with Crippen molar-refractivity contribution >= 4 is 46.2 Å². The van der Waals surface area contributed by atoms with E-state index in [4.69, 9.17) is 0 Å². The summed E-state index contributed by atoms with van der Waals surface area (Å²) in [4.78, 5) is 25.3. The lowest BCUT2D eigenvalue weighted by Gasteiger charge is -2.27. The number of rotatable bonds is 3. The molecule has 0 saturated carbocycles. The molecule has 1 aliphatic heterocycles. The van der Waals surface area contributed by atoms with Gasteiger partial charge in [0.15, 0.2) is 0 Å². The number of benzene rings is 1. The molecule has 2 N–H and O–H groups in total. The van der Waals surface area contributed by atoms with Gasteiger partial charge in [-0.25, -0.2) is 4.79 Å². The van der Waals surface area contributed by atoms with E-state index in [9.17, 15) is 19.8 Å². The predicted molar refractivity (Wildman–Crippen MR) is 85.0 cm³/mol. The Morgan fingerprint density at radius 2 is 2.20 bits per heavy atom. The molecule has 2 atom stereocenters. The molecule has 1 aromatic carbocycles. The molecular formula is C13H14INO4S. The van der Waals surface area contributed by atoms with Gasteiger partial charge in [-0.15, -0.1) is 11.8 Å². The van der Waals surface area contributed by atoms with Crippen LogP contribution in [-0.4, -0.2) is 44.2 Å². The number of nitrogens with zero attached hydrogens (tertiary/aromatic N) is 1. The lowest BCUT2D eigenvalue weighted by molar-refractivity contribution is -0.141. The van der Waals surface area contributed by atoms with E-state index in [-0.39, 0.29) is 16.7 Å². The summed E-state index contributed by atoms with van der Waals surface area (Å²) in [5.74, 6) is -1.17. The van der Waals surface area contributed by atoms with E-state index < -0.39 is 17.9 Å². The lowest BCUT2D eigenvalue weighted by atomic mass is 10.1. The van der Waals surface area contributed by atoms with Crippen molar-refractivity contribution < 1.29 is 19.8 Å². The zero-order valence-corrected chi connectivity index (χ0v) is 13.7. The van der Waals surface area contributed by atoms with Crippen molar-refractivity contribution in [2.45, 2.75) is 24.8 Å². The number of carboxylic acids is 1. The molecule has 1 saturated heterocycles. The maximum Gasteiger partial charge on any atom is 0.327 e. The Balaban J connectivity index is 2.38. The minimum Gasteiger partial charge on any atom is -0.507 e. The Morgan fingerprint density at radius 1 is 1.50 bits per heavy atom. The van der Waals surface area contributed by atoms with Gasteiger partial charge in [-0.2, -0.15) is 0 Å². The second kappa shape index (κ2) is 6.21. The van der Waals surface area contributed by atoms with Gasteiger partial charge in [0, 0.05) is 9.32 Å². The van der Waals surface area contributed by atoms with Crippen LogP contribution in [0.15, 0.2) is 18.2 Å². The van der Waals surface area contributed by atoms with E-state index in [1.807, 2.05) is 29.5 Å². The first-order chi connectivity index (χ1) is 9.45. The maximum absolute atomic E-state index is 12.6. The number of carbonyl (C=O) groups is 2. The fourth-order valence-corrected chi connectivity index (χ4v) is 4.00. The van der Waals surface area contributed by atoms with Gasteiger partial charge >= 0.3 is 5.97 Å². The van der Waals surface area contributed by atoms with Gasteiger partial charge in [-0.1, -0.05) is 6.92 Å². The van der Waals surface area contributed by atoms with Gasteiger partial charge < -0.3 is 15.1 Å². The number of phenols is 1. The predicted octanol–water partition coefficient (Wildman–Crippen LogP) is 2.38. The standard InChI is InChI=1S/C13H14INO4S/c1-2-11-15(9(6-20-11)13(18)19)12(17)8-5-7(14)3-4-10(8)16/h3-5,9,11,16H,2,6H2,1H3,(H,18,19). The molecule has 1 aliphatic rings. The zero-order valence-electron chi connectivity index (χ0n) is 10.7. The maximum atomic E-state index is 12.6. The molecular weight excluding hydrogens is 393 g/mol. The summed E-state index contributed by atoms with van der Waals surface area (Å²) in [6.07, 6.45) is 0.672. The van der Waals surface area contributed by atoms with E-state index in [0.29, 0.717) is 12.2 Å². The summed E-state index contributed by atoms with van der Waals surface area (Å²) in [5, 5.41) is 18.9. The van der Waals surface area contributed by atoms with Crippen LogP contribution in [0.1, 0.15) is 23.7 Å². The Bertz CT molecular complexity index is 551. The first-order valence-electron chi connectivity index (χ1n) is 6.11. The van der Waals surface area contributed by atoms with Crippen molar-refractivity contribution in [3.63, 3.8) is 0 Å². The number of phenolic OH excluding ortho intramolecular Hbond substituents is 1. The minimum atomic E-state index is -1.01. The van der Waals surface area contributed by atoms with Crippen LogP contribution in [0.3, 0.4) is 0 Å². The number of carbonyl (C=O) groups excluding carboxylic acids is 1. The van der Waals surface area contributed by atoms with Gasteiger partial charge in [0.1, 0.15) is 11.8 Å². The van der Waals surface area contributed by atoms with Gasteiger partial charge in [0.2, 0.25) is 0 Å². The normalized spacial score (nSPS) is 22.0. The van der Waals surface area contributed by atoms with E-state index in [1.54, 1.807) is 12.1 Å². The first-order valence-corrected chi connectivity index (χ1v) is 8.24. The molecule has 1 amide bonds. The van der Waals surface area contributed by atoms with Crippen molar-refractivity contribution in [3.8, 4) is 5.75 Å². The van der Waals surface area contributed by atoms with Gasteiger partial charge in [-0.05, 0) is 47.2 Å². The number of aliphatic carboxylic acids is 1. The van der Waals surface area contributed by atoms with Crippen LogP contribution < -0.4 is 0 Å². The molecule has 0 radical (unpaired) electrons. The zero-order chi connectivity index (χ0) is 14.9. The highest BCUT2D eigenvalue weighted by atomic mass is 127.